The lowest BCUT2D eigenvalue weighted by Crippen LogP contribution is -2.30. The van der Waals surface area contributed by atoms with Gasteiger partial charge >= 0.3 is 0 Å². The number of benzene rings is 2. The topological polar surface area (TPSA) is 60.0 Å². The summed E-state index contributed by atoms with van der Waals surface area (Å²) in [6.07, 6.45) is 1.74. The smallest absolute Gasteiger partial charge is 0.281 e. The van der Waals surface area contributed by atoms with Gasteiger partial charge in [0.05, 0.1) is 25.5 Å². The van der Waals surface area contributed by atoms with Gasteiger partial charge in [-0.25, -0.2) is 0 Å². The van der Waals surface area contributed by atoms with E-state index < -0.39 is 0 Å². The minimum absolute atomic E-state index is 0.226. The van der Waals surface area contributed by atoms with Crippen LogP contribution in [0.15, 0.2) is 48.2 Å². The molecule has 152 valence electrons. The Balaban J connectivity index is 1.87. The molecule has 1 fully saturated rings. The Morgan fingerprint density at radius 2 is 1.55 bits per heavy atom. The quantitative estimate of drug-likeness (QED) is 0.519. The second-order valence-electron chi connectivity index (χ2n) is 6.12. The maximum Gasteiger partial charge on any atom is 0.281 e. The van der Waals surface area contributed by atoms with Gasteiger partial charge in [0.2, 0.25) is 0 Å². The fraction of sp³-hybridized carbons (Fsp3) is 0.273. The molecule has 7 heteroatoms. The van der Waals surface area contributed by atoms with Crippen LogP contribution in [-0.4, -0.2) is 30.8 Å². The van der Waals surface area contributed by atoms with Gasteiger partial charge in [-0.15, -0.1) is 0 Å². The van der Waals surface area contributed by atoms with Gasteiger partial charge in [-0.05, 0) is 75.5 Å². The van der Waals surface area contributed by atoms with Crippen LogP contribution in [0.2, 0.25) is 0 Å². The Labute approximate surface area is 176 Å². The highest BCUT2D eigenvalue weighted by atomic mass is 32.1. The van der Waals surface area contributed by atoms with E-state index >= 15 is 0 Å². The fourth-order valence-electron chi connectivity index (χ4n) is 2.95. The summed E-state index contributed by atoms with van der Waals surface area (Å²) in [5, 5.41) is 3.33. The average Bonchev–Trinajstić information content (AvgIpc) is 2.98. The molecule has 1 amide bonds. The number of carbonyl (C=O) groups is 1. The second kappa shape index (κ2) is 9.43. The van der Waals surface area contributed by atoms with Crippen molar-refractivity contribution in [3.8, 4) is 17.2 Å². The number of anilines is 1. The maximum absolute atomic E-state index is 13.0. The van der Waals surface area contributed by atoms with Crippen molar-refractivity contribution in [3.05, 3.63) is 53.7 Å². The highest BCUT2D eigenvalue weighted by molar-refractivity contribution is 7.80. The average molecular weight is 413 g/mol. The Kier molecular flexibility index (Phi) is 6.72. The molecule has 0 aromatic heterocycles. The predicted molar refractivity (Wildman–Crippen MR) is 118 cm³/mol. The van der Waals surface area contributed by atoms with E-state index in [0.717, 1.165) is 17.1 Å². The van der Waals surface area contributed by atoms with Crippen LogP contribution in [-0.2, 0) is 4.79 Å². The minimum Gasteiger partial charge on any atom is -0.494 e. The van der Waals surface area contributed by atoms with Crippen LogP contribution in [0.25, 0.3) is 6.08 Å². The summed E-state index contributed by atoms with van der Waals surface area (Å²) >= 11 is 5.39. The van der Waals surface area contributed by atoms with Gasteiger partial charge in [-0.2, -0.15) is 0 Å². The van der Waals surface area contributed by atoms with E-state index in [4.69, 9.17) is 26.4 Å². The first-order valence-electron chi connectivity index (χ1n) is 9.57. The maximum atomic E-state index is 13.0. The normalized spacial score (nSPS) is 14.9. The van der Waals surface area contributed by atoms with E-state index in [1.165, 1.54) is 4.90 Å². The predicted octanol–water partition coefficient (Wildman–Crippen LogP) is 4.14. The molecule has 1 N–H and O–H groups in total. The van der Waals surface area contributed by atoms with Crippen LogP contribution < -0.4 is 24.4 Å². The van der Waals surface area contributed by atoms with E-state index in [1.54, 1.807) is 6.08 Å². The number of hydrogen-bond donors (Lipinski definition) is 1. The van der Waals surface area contributed by atoms with Crippen molar-refractivity contribution in [2.45, 2.75) is 20.8 Å². The lowest BCUT2D eigenvalue weighted by atomic mass is 10.1. The first kappa shape index (κ1) is 20.7. The van der Waals surface area contributed by atoms with E-state index in [9.17, 15) is 4.79 Å². The SMILES string of the molecule is CCOc1ccc(N2C(=O)C(=Cc3ccc(OCC)cc3OCC)NC2=S)cc1. The lowest BCUT2D eigenvalue weighted by molar-refractivity contribution is -0.113. The largest absolute Gasteiger partial charge is 0.494 e. The molecule has 0 atom stereocenters. The number of thiocarbonyl (C=S) groups is 1. The summed E-state index contributed by atoms with van der Waals surface area (Å²) in [5.74, 6) is 1.88. The van der Waals surface area contributed by atoms with E-state index in [-0.39, 0.29) is 5.91 Å². The zero-order chi connectivity index (χ0) is 20.8. The van der Waals surface area contributed by atoms with Gasteiger partial charge in [0, 0.05) is 11.6 Å². The van der Waals surface area contributed by atoms with Gasteiger partial charge in [0.1, 0.15) is 22.9 Å². The third-order valence-corrected chi connectivity index (χ3v) is 4.46. The van der Waals surface area contributed by atoms with Crippen LogP contribution in [0.1, 0.15) is 26.3 Å². The van der Waals surface area contributed by atoms with Crippen LogP contribution >= 0.6 is 12.2 Å². The first-order chi connectivity index (χ1) is 14.1. The summed E-state index contributed by atoms with van der Waals surface area (Å²) in [7, 11) is 0. The molecule has 0 spiro atoms. The molecule has 2 aromatic carbocycles. The van der Waals surface area contributed by atoms with Crippen LogP contribution in [0, 0.1) is 0 Å². The van der Waals surface area contributed by atoms with Crippen molar-refractivity contribution in [1.82, 2.24) is 5.32 Å². The van der Waals surface area contributed by atoms with Crippen molar-refractivity contribution in [3.63, 3.8) is 0 Å². The van der Waals surface area contributed by atoms with Gasteiger partial charge in [-0.3, -0.25) is 9.69 Å². The van der Waals surface area contributed by atoms with Crippen molar-refractivity contribution in [1.29, 1.82) is 0 Å². The molecule has 2 aromatic rings. The van der Waals surface area contributed by atoms with Gasteiger partial charge < -0.3 is 19.5 Å². The number of nitrogens with one attached hydrogen (secondary N) is 1. The van der Waals surface area contributed by atoms with Crippen molar-refractivity contribution < 1.29 is 19.0 Å². The summed E-state index contributed by atoms with van der Waals surface area (Å²) in [6.45, 7) is 7.41. The number of ether oxygens (including phenoxy) is 3. The molecule has 1 aliphatic heterocycles. The molecular formula is C22H24N2O4S. The first-order valence-corrected chi connectivity index (χ1v) is 9.97. The number of carbonyl (C=O) groups excluding carboxylic acids is 1. The molecule has 3 rings (SSSR count). The number of rotatable bonds is 8. The lowest BCUT2D eigenvalue weighted by Gasteiger charge is -2.14. The van der Waals surface area contributed by atoms with E-state index in [2.05, 4.69) is 5.32 Å². The van der Waals surface area contributed by atoms with Crippen LogP contribution in [0.4, 0.5) is 5.69 Å². The molecule has 0 bridgehead atoms. The molecule has 29 heavy (non-hydrogen) atoms. The van der Waals surface area contributed by atoms with Crippen LogP contribution in [0.3, 0.4) is 0 Å². The molecular weight excluding hydrogens is 388 g/mol. The molecule has 1 saturated heterocycles. The monoisotopic (exact) mass is 412 g/mol. The number of hydrogen-bond acceptors (Lipinski definition) is 5. The highest BCUT2D eigenvalue weighted by Crippen LogP contribution is 2.29. The number of nitrogens with zero attached hydrogens (tertiary/aromatic N) is 1. The standard InChI is InChI=1S/C22H24N2O4S/c1-4-26-17-11-8-16(9-12-17)24-21(25)19(23-22(24)29)13-15-7-10-18(27-5-2)14-20(15)28-6-3/h7-14H,4-6H2,1-3H3,(H,23,29). The summed E-state index contributed by atoms with van der Waals surface area (Å²) in [4.78, 5) is 14.4. The summed E-state index contributed by atoms with van der Waals surface area (Å²) in [5.41, 5.74) is 1.83. The van der Waals surface area contributed by atoms with E-state index in [0.29, 0.717) is 42.1 Å². The molecule has 0 saturated carbocycles. The highest BCUT2D eigenvalue weighted by Gasteiger charge is 2.32. The minimum atomic E-state index is -0.226. The number of amides is 1. The second-order valence-corrected chi connectivity index (χ2v) is 6.51. The molecule has 0 radical (unpaired) electrons. The molecule has 0 unspecified atom stereocenters. The summed E-state index contributed by atoms with van der Waals surface area (Å²) in [6, 6.07) is 12.8. The van der Waals surface area contributed by atoms with Crippen molar-refractivity contribution in [2.24, 2.45) is 0 Å². The van der Waals surface area contributed by atoms with Crippen molar-refractivity contribution in [2.75, 3.05) is 24.7 Å². The Hall–Kier alpha value is -3.06. The fourth-order valence-corrected chi connectivity index (χ4v) is 3.25. The van der Waals surface area contributed by atoms with Crippen LogP contribution in [0.5, 0.6) is 17.2 Å². The molecule has 0 aliphatic carbocycles. The third kappa shape index (κ3) is 4.68. The Morgan fingerprint density at radius 3 is 2.21 bits per heavy atom. The van der Waals surface area contributed by atoms with E-state index in [1.807, 2.05) is 63.2 Å². The third-order valence-electron chi connectivity index (χ3n) is 4.18. The summed E-state index contributed by atoms with van der Waals surface area (Å²) < 4.78 is 16.7. The Bertz CT molecular complexity index is 925. The Morgan fingerprint density at radius 1 is 0.931 bits per heavy atom. The molecule has 6 nitrogen and oxygen atoms in total. The molecule has 1 heterocycles. The zero-order valence-electron chi connectivity index (χ0n) is 16.7. The van der Waals surface area contributed by atoms with Crippen molar-refractivity contribution >= 4 is 35.0 Å². The van der Waals surface area contributed by atoms with Gasteiger partial charge in [-0.1, -0.05) is 0 Å². The van der Waals surface area contributed by atoms with Gasteiger partial charge in [0.25, 0.3) is 5.91 Å². The molecule has 1 aliphatic rings. The zero-order valence-corrected chi connectivity index (χ0v) is 17.5. The van der Waals surface area contributed by atoms with Gasteiger partial charge in [0.15, 0.2) is 5.11 Å².